The van der Waals surface area contributed by atoms with Crippen molar-refractivity contribution in [2.75, 3.05) is 6.61 Å². The van der Waals surface area contributed by atoms with Crippen LogP contribution >= 0.6 is 0 Å². The first-order chi connectivity index (χ1) is 7.86. The van der Waals surface area contributed by atoms with Crippen LogP contribution in [0.25, 0.3) is 0 Å². The molecule has 3 aliphatic rings. The molecule has 0 radical (unpaired) electrons. The normalized spacial score (nSPS) is 36.0. The van der Waals surface area contributed by atoms with E-state index in [1.165, 1.54) is 44.9 Å². The predicted molar refractivity (Wildman–Crippen MR) is 61.2 cm³/mol. The summed E-state index contributed by atoms with van der Waals surface area (Å²) in [6, 6.07) is 0.891. The van der Waals surface area contributed by atoms with Gasteiger partial charge >= 0.3 is 6.09 Å². The van der Waals surface area contributed by atoms with E-state index in [-0.39, 0.29) is 6.09 Å². The Morgan fingerprint density at radius 1 is 1.00 bits per heavy atom. The van der Waals surface area contributed by atoms with Crippen LogP contribution in [0, 0.1) is 5.92 Å². The molecule has 0 aromatic rings. The second-order valence-corrected chi connectivity index (χ2v) is 5.53. The summed E-state index contributed by atoms with van der Waals surface area (Å²) in [6.45, 7) is 0.641. The summed E-state index contributed by atoms with van der Waals surface area (Å²) in [7, 11) is 0. The quantitative estimate of drug-likeness (QED) is 0.684. The molecule has 0 N–H and O–H groups in total. The molecule has 3 heteroatoms. The molecular weight excluding hydrogens is 202 g/mol. The molecule has 3 rings (SSSR count). The van der Waals surface area contributed by atoms with Crippen LogP contribution < -0.4 is 0 Å². The van der Waals surface area contributed by atoms with Crippen molar-refractivity contribution in [3.63, 3.8) is 0 Å². The molecule has 2 saturated heterocycles. The van der Waals surface area contributed by atoms with Crippen molar-refractivity contribution >= 4 is 6.09 Å². The number of hydrogen-bond acceptors (Lipinski definition) is 2. The number of nitrogens with zero attached hydrogens (tertiary/aromatic N) is 1. The van der Waals surface area contributed by atoms with Crippen LogP contribution in [0.2, 0.25) is 0 Å². The summed E-state index contributed by atoms with van der Waals surface area (Å²) >= 11 is 0. The molecule has 0 unspecified atom stereocenters. The molecule has 1 aliphatic carbocycles. The van der Waals surface area contributed by atoms with E-state index in [9.17, 15) is 4.79 Å². The maximum atomic E-state index is 11.8. The van der Waals surface area contributed by atoms with E-state index in [1.54, 1.807) is 0 Å². The monoisotopic (exact) mass is 223 g/mol. The average Bonchev–Trinajstić information content (AvgIpc) is 2.73. The standard InChI is InChI=1S/C13H21NO2/c15-13-14-11(9-16-13)7-4-8-12(14)10-5-2-1-3-6-10/h10-12H,1-9H2/t11-,12-/m1/s1. The third kappa shape index (κ3) is 1.70. The van der Waals surface area contributed by atoms with Crippen LogP contribution in [0.5, 0.6) is 0 Å². The van der Waals surface area contributed by atoms with Gasteiger partial charge in [0.1, 0.15) is 6.61 Å². The van der Waals surface area contributed by atoms with Crippen molar-refractivity contribution in [1.29, 1.82) is 0 Å². The van der Waals surface area contributed by atoms with Crippen LogP contribution in [-0.2, 0) is 4.74 Å². The summed E-state index contributed by atoms with van der Waals surface area (Å²) in [5.41, 5.74) is 0. The Hall–Kier alpha value is -0.730. The predicted octanol–water partition coefficient (Wildman–Crippen LogP) is 2.94. The molecule has 0 bridgehead atoms. The highest BCUT2D eigenvalue weighted by Crippen LogP contribution is 2.37. The minimum absolute atomic E-state index is 0.0414. The van der Waals surface area contributed by atoms with Gasteiger partial charge in [-0.3, -0.25) is 4.90 Å². The number of carbonyl (C=O) groups is 1. The van der Waals surface area contributed by atoms with Crippen molar-refractivity contribution in [1.82, 2.24) is 4.90 Å². The van der Waals surface area contributed by atoms with Gasteiger partial charge < -0.3 is 4.74 Å². The molecule has 2 heterocycles. The van der Waals surface area contributed by atoms with E-state index in [4.69, 9.17) is 4.74 Å². The first-order valence-electron chi connectivity index (χ1n) is 6.81. The summed E-state index contributed by atoms with van der Waals surface area (Å²) in [5, 5.41) is 0. The van der Waals surface area contributed by atoms with E-state index >= 15 is 0 Å². The highest BCUT2D eigenvalue weighted by Gasteiger charge is 2.43. The van der Waals surface area contributed by atoms with Gasteiger partial charge in [0.25, 0.3) is 0 Å². The van der Waals surface area contributed by atoms with E-state index in [1.807, 2.05) is 0 Å². The zero-order chi connectivity index (χ0) is 11.0. The fourth-order valence-corrected chi connectivity index (χ4v) is 3.78. The number of ether oxygens (including phenoxy) is 1. The Balaban J connectivity index is 1.74. The van der Waals surface area contributed by atoms with Crippen molar-refractivity contribution in [2.24, 2.45) is 5.92 Å². The van der Waals surface area contributed by atoms with Gasteiger partial charge in [0.2, 0.25) is 0 Å². The Kier molecular flexibility index (Phi) is 2.78. The highest BCUT2D eigenvalue weighted by molar-refractivity contribution is 5.70. The van der Waals surface area contributed by atoms with Crippen LogP contribution in [0.15, 0.2) is 0 Å². The second-order valence-electron chi connectivity index (χ2n) is 5.53. The number of cyclic esters (lactones) is 1. The molecule has 0 aromatic carbocycles. The molecule has 90 valence electrons. The lowest BCUT2D eigenvalue weighted by Crippen LogP contribution is -2.49. The summed E-state index contributed by atoms with van der Waals surface area (Å²) in [4.78, 5) is 13.8. The molecule has 1 amide bonds. The number of hydrogen-bond donors (Lipinski definition) is 0. The van der Waals surface area contributed by atoms with Crippen LogP contribution in [0.3, 0.4) is 0 Å². The van der Waals surface area contributed by atoms with Crippen molar-refractivity contribution < 1.29 is 9.53 Å². The highest BCUT2D eigenvalue weighted by atomic mass is 16.6. The molecule has 16 heavy (non-hydrogen) atoms. The van der Waals surface area contributed by atoms with Gasteiger partial charge in [-0.25, -0.2) is 4.79 Å². The third-order valence-corrected chi connectivity index (χ3v) is 4.59. The van der Waals surface area contributed by atoms with E-state index < -0.39 is 0 Å². The molecule has 3 fully saturated rings. The van der Waals surface area contributed by atoms with Gasteiger partial charge in [0, 0.05) is 6.04 Å². The average molecular weight is 223 g/mol. The van der Waals surface area contributed by atoms with Crippen LogP contribution in [0.4, 0.5) is 4.79 Å². The van der Waals surface area contributed by atoms with E-state index in [0.29, 0.717) is 18.7 Å². The van der Waals surface area contributed by atoms with Crippen molar-refractivity contribution in [2.45, 2.75) is 63.5 Å². The lowest BCUT2D eigenvalue weighted by Gasteiger charge is -2.41. The van der Waals surface area contributed by atoms with Gasteiger partial charge in [-0.1, -0.05) is 19.3 Å². The maximum absolute atomic E-state index is 11.8. The third-order valence-electron chi connectivity index (χ3n) is 4.59. The Morgan fingerprint density at radius 3 is 2.62 bits per heavy atom. The topological polar surface area (TPSA) is 29.5 Å². The maximum Gasteiger partial charge on any atom is 0.410 e. The summed E-state index contributed by atoms with van der Waals surface area (Å²) < 4.78 is 5.21. The smallest absolute Gasteiger partial charge is 0.410 e. The van der Waals surface area contributed by atoms with Gasteiger partial charge in [-0.2, -0.15) is 0 Å². The lowest BCUT2D eigenvalue weighted by molar-refractivity contribution is 0.0847. The fourth-order valence-electron chi connectivity index (χ4n) is 3.78. The molecule has 1 saturated carbocycles. The molecule has 0 spiro atoms. The Labute approximate surface area is 97.1 Å². The summed E-state index contributed by atoms with van der Waals surface area (Å²) in [5.74, 6) is 0.752. The minimum atomic E-state index is -0.0414. The van der Waals surface area contributed by atoms with Gasteiger partial charge in [-0.15, -0.1) is 0 Å². The zero-order valence-corrected chi connectivity index (χ0v) is 9.86. The van der Waals surface area contributed by atoms with Crippen molar-refractivity contribution in [3.8, 4) is 0 Å². The number of amides is 1. The molecule has 2 atom stereocenters. The Morgan fingerprint density at radius 2 is 1.81 bits per heavy atom. The molecular formula is C13H21NO2. The van der Waals surface area contributed by atoms with Crippen LogP contribution in [0.1, 0.15) is 51.4 Å². The van der Waals surface area contributed by atoms with Gasteiger partial charge in [0.05, 0.1) is 6.04 Å². The number of piperidine rings is 1. The molecule has 3 nitrogen and oxygen atoms in total. The second kappa shape index (κ2) is 4.27. The van der Waals surface area contributed by atoms with Crippen LogP contribution in [-0.4, -0.2) is 29.7 Å². The van der Waals surface area contributed by atoms with Gasteiger partial charge in [0.15, 0.2) is 0 Å². The van der Waals surface area contributed by atoms with E-state index in [0.717, 1.165) is 12.3 Å². The number of rotatable bonds is 1. The minimum Gasteiger partial charge on any atom is -0.447 e. The number of carbonyl (C=O) groups excluding carboxylic acids is 1. The first kappa shape index (κ1) is 10.4. The first-order valence-corrected chi connectivity index (χ1v) is 6.81. The van der Waals surface area contributed by atoms with E-state index in [2.05, 4.69) is 4.90 Å². The summed E-state index contributed by atoms with van der Waals surface area (Å²) in [6.07, 6.45) is 10.3. The Bertz CT molecular complexity index is 273. The SMILES string of the molecule is O=C1OC[C@H]2CCC[C@H](C3CCCCC3)N12. The zero-order valence-electron chi connectivity index (χ0n) is 9.86. The lowest BCUT2D eigenvalue weighted by atomic mass is 9.79. The number of fused-ring (bicyclic) bond motifs is 1. The largest absolute Gasteiger partial charge is 0.447 e. The van der Waals surface area contributed by atoms with Gasteiger partial charge in [-0.05, 0) is 38.0 Å². The molecule has 2 aliphatic heterocycles. The molecule has 0 aromatic heterocycles. The van der Waals surface area contributed by atoms with Crippen molar-refractivity contribution in [3.05, 3.63) is 0 Å². The fraction of sp³-hybridized carbons (Fsp3) is 0.923.